The molecule has 5 rings (SSSR count). The molecule has 2 aromatic carbocycles. The van der Waals surface area contributed by atoms with Gasteiger partial charge in [0.15, 0.2) is 0 Å². The average molecular weight is 441 g/mol. The van der Waals surface area contributed by atoms with Crippen LogP contribution in [0.3, 0.4) is 0 Å². The van der Waals surface area contributed by atoms with Gasteiger partial charge >= 0.3 is 0 Å². The zero-order valence-corrected chi connectivity index (χ0v) is 17.6. The topological polar surface area (TPSA) is 30.7 Å². The third kappa shape index (κ3) is 3.44. The molecular weight excluding hydrogens is 425 g/mol. The summed E-state index contributed by atoms with van der Waals surface area (Å²) in [6.45, 7) is 0. The summed E-state index contributed by atoms with van der Waals surface area (Å²) in [6, 6.07) is 17.7. The Bertz CT molecular complexity index is 1160. The number of nitrogens with zero attached hydrogens (tertiary/aromatic N) is 3. The van der Waals surface area contributed by atoms with Crippen molar-refractivity contribution in [2.45, 2.75) is 18.9 Å². The molecule has 0 spiro atoms. The van der Waals surface area contributed by atoms with Gasteiger partial charge in [-0.25, -0.2) is 4.98 Å². The van der Waals surface area contributed by atoms with E-state index >= 15 is 0 Å². The summed E-state index contributed by atoms with van der Waals surface area (Å²) in [4.78, 5) is 9.22. The van der Waals surface area contributed by atoms with Crippen LogP contribution >= 0.6 is 34.8 Å². The lowest BCUT2D eigenvalue weighted by Crippen LogP contribution is -2.01. The number of hydrogen-bond acceptors (Lipinski definition) is 2. The fraction of sp³-hybridized carbons (Fsp3) is 0.130. The van der Waals surface area contributed by atoms with Crippen molar-refractivity contribution in [3.63, 3.8) is 0 Å². The Morgan fingerprint density at radius 2 is 1.45 bits per heavy atom. The molecule has 2 heterocycles. The first kappa shape index (κ1) is 18.7. The highest BCUT2D eigenvalue weighted by molar-refractivity contribution is 6.39. The Balaban J connectivity index is 1.85. The molecular formula is C23H16Cl3N3. The number of halogens is 3. The van der Waals surface area contributed by atoms with Gasteiger partial charge in [-0.05, 0) is 49.2 Å². The van der Waals surface area contributed by atoms with Crippen molar-refractivity contribution < 1.29 is 0 Å². The normalized spacial score (nSPS) is 13.6. The zero-order chi connectivity index (χ0) is 20.0. The van der Waals surface area contributed by atoms with Gasteiger partial charge in [0.25, 0.3) is 0 Å². The molecule has 0 bridgehead atoms. The maximum absolute atomic E-state index is 6.57. The van der Waals surface area contributed by atoms with Crippen LogP contribution in [0.25, 0.3) is 33.9 Å². The minimum absolute atomic E-state index is 0.367. The highest BCUT2D eigenvalue weighted by Gasteiger charge is 2.33. The van der Waals surface area contributed by atoms with Crippen molar-refractivity contribution in [3.05, 3.63) is 82.1 Å². The van der Waals surface area contributed by atoms with E-state index in [1.807, 2.05) is 54.6 Å². The van der Waals surface area contributed by atoms with Gasteiger partial charge in [-0.2, -0.15) is 0 Å². The fourth-order valence-electron chi connectivity index (χ4n) is 3.60. The number of benzene rings is 2. The SMILES string of the molecule is Clc1ccc(-c2c(-c3ccncc3)nc(-c3c(Cl)cccc3Cl)n2C2CC2)cc1. The summed E-state index contributed by atoms with van der Waals surface area (Å²) in [5, 5.41) is 1.88. The molecule has 0 radical (unpaired) electrons. The molecule has 0 N–H and O–H groups in total. The molecule has 3 nitrogen and oxygen atoms in total. The average Bonchev–Trinajstić information content (AvgIpc) is 3.50. The first-order valence-electron chi connectivity index (χ1n) is 9.36. The molecule has 6 heteroatoms. The maximum Gasteiger partial charge on any atom is 0.144 e. The lowest BCUT2D eigenvalue weighted by molar-refractivity contribution is 0.757. The summed E-state index contributed by atoms with van der Waals surface area (Å²) in [5.41, 5.74) is 4.73. The van der Waals surface area contributed by atoms with Crippen LogP contribution in [0.4, 0.5) is 0 Å². The Hall–Kier alpha value is -2.33. The van der Waals surface area contributed by atoms with E-state index in [1.165, 1.54) is 0 Å². The third-order valence-corrected chi connectivity index (χ3v) is 5.96. The van der Waals surface area contributed by atoms with Crippen LogP contribution in [0.1, 0.15) is 18.9 Å². The van der Waals surface area contributed by atoms with Gasteiger partial charge < -0.3 is 4.57 Å². The van der Waals surface area contributed by atoms with E-state index in [2.05, 4.69) is 9.55 Å². The van der Waals surface area contributed by atoms with Gasteiger partial charge in [0.2, 0.25) is 0 Å². The first-order chi connectivity index (χ1) is 14.1. The van der Waals surface area contributed by atoms with Gasteiger partial charge in [0, 0.05) is 34.6 Å². The van der Waals surface area contributed by atoms with Crippen molar-refractivity contribution in [2.24, 2.45) is 0 Å². The van der Waals surface area contributed by atoms with Crippen LogP contribution in [0.2, 0.25) is 15.1 Å². The lowest BCUT2D eigenvalue weighted by Gasteiger charge is -2.14. The summed E-state index contributed by atoms with van der Waals surface area (Å²) >= 11 is 19.3. The van der Waals surface area contributed by atoms with Crippen molar-refractivity contribution in [1.82, 2.24) is 14.5 Å². The zero-order valence-electron chi connectivity index (χ0n) is 15.3. The van der Waals surface area contributed by atoms with E-state index < -0.39 is 0 Å². The molecule has 1 aliphatic carbocycles. The monoisotopic (exact) mass is 439 g/mol. The lowest BCUT2D eigenvalue weighted by atomic mass is 10.1. The molecule has 0 amide bonds. The van der Waals surface area contributed by atoms with Gasteiger partial charge in [-0.3, -0.25) is 4.98 Å². The second-order valence-corrected chi connectivity index (χ2v) is 8.32. The Kier molecular flexibility index (Phi) is 4.83. The van der Waals surface area contributed by atoms with Crippen molar-refractivity contribution >= 4 is 34.8 Å². The standard InChI is InChI=1S/C23H16Cl3N3/c24-16-6-4-15(5-7-16)22-21(14-10-12-27-13-11-14)28-23(29(22)17-8-9-17)20-18(25)2-1-3-19(20)26/h1-7,10-13,17H,8-9H2. The predicted octanol–water partition coefficient (Wildman–Crippen LogP) is 7.57. The van der Waals surface area contributed by atoms with Gasteiger partial charge in [-0.15, -0.1) is 0 Å². The molecule has 1 aliphatic rings. The van der Waals surface area contributed by atoms with E-state index in [0.717, 1.165) is 46.7 Å². The summed E-state index contributed by atoms with van der Waals surface area (Å²) in [6.07, 6.45) is 5.75. The largest absolute Gasteiger partial charge is 0.320 e. The molecule has 0 aliphatic heterocycles. The van der Waals surface area contributed by atoms with E-state index in [1.54, 1.807) is 12.4 Å². The molecule has 29 heavy (non-hydrogen) atoms. The molecule has 144 valence electrons. The van der Waals surface area contributed by atoms with Crippen LogP contribution in [0.5, 0.6) is 0 Å². The van der Waals surface area contributed by atoms with Crippen LogP contribution in [0.15, 0.2) is 67.0 Å². The van der Waals surface area contributed by atoms with Crippen molar-refractivity contribution in [3.8, 4) is 33.9 Å². The molecule has 1 fully saturated rings. The minimum atomic E-state index is 0.367. The molecule has 1 saturated carbocycles. The molecule has 0 saturated heterocycles. The highest BCUT2D eigenvalue weighted by Crippen LogP contribution is 2.48. The van der Waals surface area contributed by atoms with E-state index in [9.17, 15) is 0 Å². The van der Waals surface area contributed by atoms with Crippen LogP contribution in [-0.2, 0) is 0 Å². The highest BCUT2D eigenvalue weighted by atomic mass is 35.5. The van der Waals surface area contributed by atoms with Crippen molar-refractivity contribution in [1.29, 1.82) is 0 Å². The summed E-state index contributed by atoms with van der Waals surface area (Å²) < 4.78 is 2.28. The summed E-state index contributed by atoms with van der Waals surface area (Å²) in [7, 11) is 0. The molecule has 0 atom stereocenters. The van der Waals surface area contributed by atoms with Crippen molar-refractivity contribution in [2.75, 3.05) is 0 Å². The van der Waals surface area contributed by atoms with E-state index in [0.29, 0.717) is 21.1 Å². The summed E-state index contributed by atoms with van der Waals surface area (Å²) in [5.74, 6) is 0.792. The second kappa shape index (κ2) is 7.49. The van der Waals surface area contributed by atoms with Crippen LogP contribution in [0, 0.1) is 0 Å². The minimum Gasteiger partial charge on any atom is -0.320 e. The van der Waals surface area contributed by atoms with Crippen LogP contribution in [-0.4, -0.2) is 14.5 Å². The Labute approximate surface area is 183 Å². The van der Waals surface area contributed by atoms with E-state index in [4.69, 9.17) is 39.8 Å². The van der Waals surface area contributed by atoms with Gasteiger partial charge in [-0.1, -0.05) is 53.0 Å². The maximum atomic E-state index is 6.57. The smallest absolute Gasteiger partial charge is 0.144 e. The Morgan fingerprint density at radius 3 is 2.07 bits per heavy atom. The number of imidazole rings is 1. The van der Waals surface area contributed by atoms with Gasteiger partial charge in [0.05, 0.1) is 27.0 Å². The molecule has 0 unspecified atom stereocenters. The number of hydrogen-bond donors (Lipinski definition) is 0. The third-order valence-electron chi connectivity index (χ3n) is 5.08. The second-order valence-electron chi connectivity index (χ2n) is 7.07. The number of rotatable bonds is 4. The van der Waals surface area contributed by atoms with Gasteiger partial charge in [0.1, 0.15) is 5.82 Å². The molecule has 4 aromatic rings. The Morgan fingerprint density at radius 1 is 0.793 bits per heavy atom. The quantitative estimate of drug-likeness (QED) is 0.327. The predicted molar refractivity (Wildman–Crippen MR) is 120 cm³/mol. The van der Waals surface area contributed by atoms with E-state index in [-0.39, 0.29) is 0 Å². The van der Waals surface area contributed by atoms with Crippen LogP contribution < -0.4 is 0 Å². The fourth-order valence-corrected chi connectivity index (χ4v) is 4.30. The number of aromatic nitrogens is 3. The number of pyridine rings is 1. The first-order valence-corrected chi connectivity index (χ1v) is 10.5. The molecule has 2 aromatic heterocycles.